The molecule has 2 heteroatoms. The van der Waals surface area contributed by atoms with Gasteiger partial charge in [-0.05, 0) is 53.3 Å². The summed E-state index contributed by atoms with van der Waals surface area (Å²) in [5.41, 5.74) is 4.26. The summed E-state index contributed by atoms with van der Waals surface area (Å²) in [5, 5.41) is 0. The largest absolute Gasteiger partial charge is 0.207 e. The second-order valence-electron chi connectivity index (χ2n) is 7.38. The van der Waals surface area contributed by atoms with Gasteiger partial charge in [-0.15, -0.1) is 0 Å². The Labute approximate surface area is 167 Å². The van der Waals surface area contributed by atoms with E-state index in [1.165, 1.54) is 44.2 Å². The van der Waals surface area contributed by atoms with Crippen LogP contribution in [0.4, 0.5) is 8.78 Å². The molecule has 0 unspecified atom stereocenters. The lowest BCUT2D eigenvalue weighted by atomic mass is 9.93. The van der Waals surface area contributed by atoms with E-state index in [1.54, 1.807) is 18.2 Å². The first kappa shape index (κ1) is 20.3. The van der Waals surface area contributed by atoms with Gasteiger partial charge in [0.1, 0.15) is 11.6 Å². The highest BCUT2D eigenvalue weighted by Gasteiger charge is 2.12. The zero-order valence-electron chi connectivity index (χ0n) is 16.6. The number of rotatable bonds is 9. The molecule has 0 bridgehead atoms. The minimum atomic E-state index is -0.272. The van der Waals surface area contributed by atoms with E-state index in [0.29, 0.717) is 5.56 Å². The summed E-state index contributed by atoms with van der Waals surface area (Å²) in [5.74, 6) is -0.468. The molecule has 3 aromatic carbocycles. The van der Waals surface area contributed by atoms with Crippen LogP contribution in [0.15, 0.2) is 66.7 Å². The van der Waals surface area contributed by atoms with Gasteiger partial charge in [-0.25, -0.2) is 8.78 Å². The molecule has 0 spiro atoms. The van der Waals surface area contributed by atoms with Gasteiger partial charge in [-0.3, -0.25) is 0 Å². The van der Waals surface area contributed by atoms with Gasteiger partial charge in [-0.1, -0.05) is 87.6 Å². The van der Waals surface area contributed by atoms with Crippen LogP contribution in [0.3, 0.4) is 0 Å². The van der Waals surface area contributed by atoms with Crippen molar-refractivity contribution in [1.29, 1.82) is 0 Å². The second-order valence-corrected chi connectivity index (χ2v) is 7.38. The highest BCUT2D eigenvalue weighted by atomic mass is 19.1. The number of halogens is 2. The number of unbranched alkanes of at least 4 members (excludes halogenated alkanes) is 5. The lowest BCUT2D eigenvalue weighted by molar-refractivity contribution is 0.603. The highest BCUT2D eigenvalue weighted by Crippen LogP contribution is 2.34. The maximum Gasteiger partial charge on any atom is 0.131 e. The molecule has 0 nitrogen and oxygen atoms in total. The van der Waals surface area contributed by atoms with Gasteiger partial charge >= 0.3 is 0 Å². The Balaban J connectivity index is 1.75. The minimum Gasteiger partial charge on any atom is -0.207 e. The lowest BCUT2D eigenvalue weighted by Crippen LogP contribution is -1.92. The minimum absolute atomic E-state index is 0.196. The molecular weight excluding hydrogens is 350 g/mol. The summed E-state index contributed by atoms with van der Waals surface area (Å²) in [6, 6.07) is 19.6. The molecule has 0 saturated carbocycles. The van der Waals surface area contributed by atoms with E-state index in [1.807, 2.05) is 36.4 Å². The van der Waals surface area contributed by atoms with Crippen molar-refractivity contribution in [3.05, 3.63) is 83.9 Å². The van der Waals surface area contributed by atoms with Crippen LogP contribution in [0.1, 0.15) is 51.0 Å². The molecule has 0 aliphatic heterocycles. The topological polar surface area (TPSA) is 0 Å². The van der Waals surface area contributed by atoms with Crippen molar-refractivity contribution in [2.24, 2.45) is 0 Å². The van der Waals surface area contributed by atoms with Crippen molar-refractivity contribution in [3.63, 3.8) is 0 Å². The van der Waals surface area contributed by atoms with Crippen molar-refractivity contribution in [3.8, 4) is 22.3 Å². The predicted octanol–water partition coefficient (Wildman–Crippen LogP) is 8.20. The molecule has 3 aromatic rings. The van der Waals surface area contributed by atoms with Crippen LogP contribution in [0.5, 0.6) is 0 Å². The van der Waals surface area contributed by atoms with E-state index in [4.69, 9.17) is 0 Å². The van der Waals surface area contributed by atoms with E-state index in [0.717, 1.165) is 35.1 Å². The summed E-state index contributed by atoms with van der Waals surface area (Å²) in [7, 11) is 0. The third-order valence-electron chi connectivity index (χ3n) is 5.22. The van der Waals surface area contributed by atoms with Crippen LogP contribution >= 0.6 is 0 Å². The van der Waals surface area contributed by atoms with Crippen LogP contribution in [0.2, 0.25) is 0 Å². The van der Waals surface area contributed by atoms with Crippen molar-refractivity contribution < 1.29 is 8.78 Å². The molecule has 0 aliphatic carbocycles. The average molecular weight is 379 g/mol. The van der Waals surface area contributed by atoms with Crippen LogP contribution in [-0.4, -0.2) is 0 Å². The van der Waals surface area contributed by atoms with Gasteiger partial charge in [0.05, 0.1) is 0 Å². The van der Waals surface area contributed by atoms with Crippen molar-refractivity contribution in [2.75, 3.05) is 0 Å². The molecule has 0 amide bonds. The predicted molar refractivity (Wildman–Crippen MR) is 114 cm³/mol. The van der Waals surface area contributed by atoms with Crippen molar-refractivity contribution in [2.45, 2.75) is 51.9 Å². The average Bonchev–Trinajstić information content (AvgIpc) is 2.71. The summed E-state index contributed by atoms with van der Waals surface area (Å²) in [6.07, 6.45) is 8.35. The molecule has 0 aromatic heterocycles. The fourth-order valence-corrected chi connectivity index (χ4v) is 3.64. The van der Waals surface area contributed by atoms with Crippen LogP contribution < -0.4 is 0 Å². The molecule has 28 heavy (non-hydrogen) atoms. The quantitative estimate of drug-likeness (QED) is 0.329. The smallest absolute Gasteiger partial charge is 0.131 e. The van der Waals surface area contributed by atoms with E-state index in [2.05, 4.69) is 6.92 Å². The third kappa shape index (κ3) is 5.28. The van der Waals surface area contributed by atoms with Gasteiger partial charge in [0.2, 0.25) is 0 Å². The number of hydrogen-bond acceptors (Lipinski definition) is 0. The fourth-order valence-electron chi connectivity index (χ4n) is 3.64. The monoisotopic (exact) mass is 378 g/mol. The molecule has 3 rings (SSSR count). The van der Waals surface area contributed by atoms with Crippen LogP contribution in [0, 0.1) is 11.6 Å². The Morgan fingerprint density at radius 1 is 0.643 bits per heavy atom. The maximum absolute atomic E-state index is 14.9. The summed E-state index contributed by atoms with van der Waals surface area (Å²) in [6.45, 7) is 2.22. The Bertz CT molecular complexity index is 881. The van der Waals surface area contributed by atoms with Crippen LogP contribution in [0.25, 0.3) is 22.3 Å². The molecule has 0 fully saturated rings. The Hall–Kier alpha value is -2.48. The zero-order valence-corrected chi connectivity index (χ0v) is 16.6. The van der Waals surface area contributed by atoms with Gasteiger partial charge in [0.25, 0.3) is 0 Å². The SMILES string of the molecule is CCCCCCCCc1ccc(-c2ccccc2-c2ccc(F)cc2)c(F)c1. The molecule has 0 aliphatic rings. The van der Waals surface area contributed by atoms with Gasteiger partial charge in [-0.2, -0.15) is 0 Å². The summed E-state index contributed by atoms with van der Waals surface area (Å²) >= 11 is 0. The maximum atomic E-state index is 14.9. The Morgan fingerprint density at radius 2 is 1.32 bits per heavy atom. The molecule has 146 valence electrons. The van der Waals surface area contributed by atoms with E-state index in [-0.39, 0.29) is 11.6 Å². The van der Waals surface area contributed by atoms with Gasteiger partial charge < -0.3 is 0 Å². The van der Waals surface area contributed by atoms with Gasteiger partial charge in [0.15, 0.2) is 0 Å². The fraction of sp³-hybridized carbons (Fsp3) is 0.308. The lowest BCUT2D eigenvalue weighted by Gasteiger charge is -2.12. The number of hydrogen-bond donors (Lipinski definition) is 0. The highest BCUT2D eigenvalue weighted by molar-refractivity contribution is 5.83. The molecular formula is C26H28F2. The standard InChI is InChI=1S/C26H28F2/c1-2-3-4-5-6-7-10-20-13-18-25(26(28)19-20)24-12-9-8-11-23(24)21-14-16-22(27)17-15-21/h8-9,11-19H,2-7,10H2,1H3. The first-order valence-electron chi connectivity index (χ1n) is 10.3. The normalized spacial score (nSPS) is 11.0. The van der Waals surface area contributed by atoms with Crippen molar-refractivity contribution >= 4 is 0 Å². The molecule has 0 heterocycles. The second kappa shape index (κ2) is 10.2. The van der Waals surface area contributed by atoms with E-state index >= 15 is 0 Å². The van der Waals surface area contributed by atoms with E-state index in [9.17, 15) is 8.78 Å². The first-order chi connectivity index (χ1) is 13.7. The third-order valence-corrected chi connectivity index (χ3v) is 5.22. The zero-order chi connectivity index (χ0) is 19.8. The van der Waals surface area contributed by atoms with Crippen molar-refractivity contribution in [1.82, 2.24) is 0 Å². The molecule has 0 radical (unpaired) electrons. The Kier molecular flexibility index (Phi) is 7.36. The number of aryl methyl sites for hydroxylation is 1. The molecule has 0 N–H and O–H groups in total. The Morgan fingerprint density at radius 3 is 2.04 bits per heavy atom. The van der Waals surface area contributed by atoms with Gasteiger partial charge in [0, 0.05) is 5.56 Å². The van der Waals surface area contributed by atoms with Crippen LogP contribution in [-0.2, 0) is 6.42 Å². The van der Waals surface area contributed by atoms with E-state index < -0.39 is 0 Å². The summed E-state index contributed by atoms with van der Waals surface area (Å²) in [4.78, 5) is 0. The first-order valence-corrected chi connectivity index (χ1v) is 10.3. The molecule has 0 atom stereocenters. The number of benzene rings is 3. The summed E-state index contributed by atoms with van der Waals surface area (Å²) < 4.78 is 28.2. The molecule has 0 saturated heterocycles.